The number of phosphoric ester groups is 1. The molecule has 0 fully saturated rings. The Morgan fingerprint density at radius 3 is 1.64 bits per heavy atom. The van der Waals surface area contributed by atoms with Crippen LogP contribution in [0.15, 0.2) is 0 Å². The van der Waals surface area contributed by atoms with Gasteiger partial charge in [-0.1, -0.05) is 110 Å². The summed E-state index contributed by atoms with van der Waals surface area (Å²) in [5, 5.41) is 0. The van der Waals surface area contributed by atoms with E-state index in [1.807, 2.05) is 19.0 Å². The molecule has 0 aliphatic heterocycles. The number of methoxy groups -OCH3 is 1. The van der Waals surface area contributed by atoms with Crippen LogP contribution in [0.25, 0.3) is 0 Å². The molecule has 1 N–H and O–H groups in total. The lowest BCUT2D eigenvalue weighted by atomic mass is 10.0. The van der Waals surface area contributed by atoms with Crippen molar-refractivity contribution in [2.45, 2.75) is 148 Å². The van der Waals surface area contributed by atoms with Crippen molar-refractivity contribution in [1.29, 1.82) is 0 Å². The van der Waals surface area contributed by atoms with E-state index in [9.17, 15) is 19.0 Å². The third-order valence-corrected chi connectivity index (χ3v) is 8.43. The molecule has 10 nitrogen and oxygen atoms in total. The zero-order valence-corrected chi connectivity index (χ0v) is 29.5. The van der Waals surface area contributed by atoms with Crippen molar-refractivity contribution < 1.29 is 42.3 Å². The lowest BCUT2D eigenvalue weighted by Crippen LogP contribution is -2.28. The minimum atomic E-state index is -4.28. The van der Waals surface area contributed by atoms with Gasteiger partial charge in [-0.25, -0.2) is 4.57 Å². The Kier molecular flexibility index (Phi) is 29.9. The lowest BCUT2D eigenvalue weighted by Gasteiger charge is -2.20. The topological polar surface area (TPSA) is 121 Å². The Morgan fingerprint density at radius 1 is 0.659 bits per heavy atom. The highest BCUT2D eigenvalue weighted by Crippen LogP contribution is 2.43. The standard InChI is InChI=1S/C33H66NO9P/c1-5-6-7-8-9-10-11-12-13-14-15-16-20-23-27-40-29-31(30-42-44(37,38)41-28-26-34(2)3)43-33(36)25-22-19-17-18-21-24-32(35)39-4/h31H,5-30H2,1-4H3,(H,37,38). The van der Waals surface area contributed by atoms with Gasteiger partial charge in [0.05, 0.1) is 26.9 Å². The van der Waals surface area contributed by atoms with E-state index in [4.69, 9.17) is 18.5 Å². The van der Waals surface area contributed by atoms with Crippen molar-refractivity contribution in [3.8, 4) is 0 Å². The molecule has 262 valence electrons. The predicted octanol–water partition coefficient (Wildman–Crippen LogP) is 8.00. The molecule has 0 amide bonds. The van der Waals surface area contributed by atoms with Crippen molar-refractivity contribution >= 4 is 19.8 Å². The molecule has 0 aromatic rings. The number of hydrogen-bond acceptors (Lipinski definition) is 9. The number of unbranched alkanes of at least 4 members (excludes halogenated alkanes) is 17. The molecule has 2 atom stereocenters. The third kappa shape index (κ3) is 31.0. The van der Waals surface area contributed by atoms with E-state index < -0.39 is 19.9 Å². The van der Waals surface area contributed by atoms with Gasteiger partial charge in [0.1, 0.15) is 6.10 Å². The van der Waals surface area contributed by atoms with E-state index >= 15 is 0 Å². The van der Waals surface area contributed by atoms with Crippen LogP contribution in [-0.4, -0.2) is 82.0 Å². The monoisotopic (exact) mass is 651 g/mol. The Balaban J connectivity index is 4.21. The Bertz CT molecular complexity index is 723. The molecular weight excluding hydrogens is 585 g/mol. The lowest BCUT2D eigenvalue weighted by molar-refractivity contribution is -0.154. The molecule has 0 aliphatic carbocycles. The highest BCUT2D eigenvalue weighted by molar-refractivity contribution is 7.47. The number of carbonyl (C=O) groups excluding carboxylic acids is 2. The maximum atomic E-state index is 12.5. The number of nitrogens with zero attached hydrogens (tertiary/aromatic N) is 1. The second kappa shape index (κ2) is 30.6. The van der Waals surface area contributed by atoms with Crippen LogP contribution in [0.1, 0.15) is 142 Å². The van der Waals surface area contributed by atoms with Crippen molar-refractivity contribution in [1.82, 2.24) is 4.90 Å². The average Bonchev–Trinajstić information content (AvgIpc) is 2.98. The summed E-state index contributed by atoms with van der Waals surface area (Å²) in [6.45, 7) is 3.11. The van der Waals surface area contributed by atoms with E-state index in [1.54, 1.807) is 0 Å². The van der Waals surface area contributed by atoms with Gasteiger partial charge in [0.25, 0.3) is 0 Å². The third-order valence-electron chi connectivity index (χ3n) is 7.45. The van der Waals surface area contributed by atoms with Gasteiger partial charge in [-0.05, 0) is 33.4 Å². The zero-order chi connectivity index (χ0) is 32.7. The van der Waals surface area contributed by atoms with Gasteiger partial charge in [-0.3, -0.25) is 18.6 Å². The summed E-state index contributed by atoms with van der Waals surface area (Å²) in [5.74, 6) is -0.599. The van der Waals surface area contributed by atoms with E-state index in [0.717, 1.165) is 38.5 Å². The Labute approximate surface area is 268 Å². The fraction of sp³-hybridized carbons (Fsp3) is 0.939. The molecule has 0 saturated carbocycles. The average molecular weight is 652 g/mol. The van der Waals surface area contributed by atoms with Crippen LogP contribution in [0, 0.1) is 0 Å². The summed E-state index contributed by atoms with van der Waals surface area (Å²) >= 11 is 0. The maximum Gasteiger partial charge on any atom is 0.472 e. The fourth-order valence-electron chi connectivity index (χ4n) is 4.70. The number of rotatable bonds is 33. The molecule has 2 unspecified atom stereocenters. The first-order valence-electron chi connectivity index (χ1n) is 17.3. The molecule has 0 aliphatic rings. The highest BCUT2D eigenvalue weighted by atomic mass is 31.2. The maximum absolute atomic E-state index is 12.5. The van der Waals surface area contributed by atoms with Gasteiger partial charge in [-0.2, -0.15) is 0 Å². The minimum Gasteiger partial charge on any atom is -0.469 e. The van der Waals surface area contributed by atoms with E-state index in [0.29, 0.717) is 26.0 Å². The molecule has 0 heterocycles. The Hall–Kier alpha value is -1.03. The number of carbonyl (C=O) groups is 2. The molecule has 0 saturated heterocycles. The molecule has 0 bridgehead atoms. The summed E-state index contributed by atoms with van der Waals surface area (Å²) in [7, 11) is 0.775. The summed E-state index contributed by atoms with van der Waals surface area (Å²) in [6, 6.07) is 0. The van der Waals surface area contributed by atoms with Gasteiger partial charge in [0.2, 0.25) is 0 Å². The quantitative estimate of drug-likeness (QED) is 0.0424. The van der Waals surface area contributed by atoms with Crippen molar-refractivity contribution in [2.75, 3.05) is 54.2 Å². The molecule has 0 spiro atoms. The SMILES string of the molecule is CCCCCCCCCCCCCCCCOCC(COP(=O)(O)OCCN(C)C)OC(=O)CCCCCCCC(=O)OC. The van der Waals surface area contributed by atoms with Gasteiger partial charge in [0.15, 0.2) is 0 Å². The van der Waals surface area contributed by atoms with Crippen molar-refractivity contribution in [2.24, 2.45) is 0 Å². The van der Waals surface area contributed by atoms with Crippen LogP contribution in [0.5, 0.6) is 0 Å². The molecular formula is C33H66NO9P. The zero-order valence-electron chi connectivity index (χ0n) is 28.6. The normalized spacial score (nSPS) is 13.6. The summed E-state index contributed by atoms with van der Waals surface area (Å²) < 4.78 is 38.3. The van der Waals surface area contributed by atoms with E-state index in [-0.39, 0.29) is 32.2 Å². The van der Waals surface area contributed by atoms with Crippen LogP contribution in [0.4, 0.5) is 0 Å². The predicted molar refractivity (Wildman–Crippen MR) is 176 cm³/mol. The van der Waals surface area contributed by atoms with Gasteiger partial charge in [0, 0.05) is 26.0 Å². The van der Waals surface area contributed by atoms with Crippen LogP contribution < -0.4 is 0 Å². The molecule has 11 heteroatoms. The van der Waals surface area contributed by atoms with Crippen molar-refractivity contribution in [3.63, 3.8) is 0 Å². The fourth-order valence-corrected chi connectivity index (χ4v) is 5.44. The van der Waals surface area contributed by atoms with Gasteiger partial charge < -0.3 is 24.0 Å². The number of hydrogen-bond donors (Lipinski definition) is 1. The second-order valence-electron chi connectivity index (χ2n) is 12.0. The van der Waals surface area contributed by atoms with Crippen LogP contribution in [0.2, 0.25) is 0 Å². The van der Waals surface area contributed by atoms with Crippen molar-refractivity contribution in [3.05, 3.63) is 0 Å². The summed E-state index contributed by atoms with van der Waals surface area (Å²) in [4.78, 5) is 35.4. The largest absolute Gasteiger partial charge is 0.472 e. The van der Waals surface area contributed by atoms with Gasteiger partial charge >= 0.3 is 19.8 Å². The molecule has 0 aromatic carbocycles. The summed E-state index contributed by atoms with van der Waals surface area (Å²) in [5.41, 5.74) is 0. The molecule has 0 rings (SSSR count). The highest BCUT2D eigenvalue weighted by Gasteiger charge is 2.25. The number of ether oxygens (including phenoxy) is 3. The summed E-state index contributed by atoms with van der Waals surface area (Å²) in [6.07, 6.45) is 21.9. The number of likely N-dealkylation sites (N-methyl/N-ethyl adjacent to an activating group) is 1. The van der Waals surface area contributed by atoms with E-state index in [1.165, 1.54) is 84.2 Å². The van der Waals surface area contributed by atoms with E-state index in [2.05, 4.69) is 11.7 Å². The Morgan fingerprint density at radius 2 is 1.14 bits per heavy atom. The molecule has 44 heavy (non-hydrogen) atoms. The first kappa shape index (κ1) is 43.0. The van der Waals surface area contributed by atoms with Crippen LogP contribution in [0.3, 0.4) is 0 Å². The molecule has 0 radical (unpaired) electrons. The first-order chi connectivity index (χ1) is 21.2. The second-order valence-corrected chi connectivity index (χ2v) is 13.5. The van der Waals surface area contributed by atoms with Gasteiger partial charge in [-0.15, -0.1) is 0 Å². The smallest absolute Gasteiger partial charge is 0.469 e. The van der Waals surface area contributed by atoms with Crippen LogP contribution >= 0.6 is 7.82 Å². The minimum absolute atomic E-state index is 0.0421. The van der Waals surface area contributed by atoms with Crippen LogP contribution in [-0.2, 0) is 37.4 Å². The number of phosphoric acid groups is 1. The number of esters is 2. The first-order valence-corrected chi connectivity index (χ1v) is 18.8. The molecule has 0 aromatic heterocycles.